The van der Waals surface area contributed by atoms with Crippen LogP contribution in [0.25, 0.3) is 0 Å². The summed E-state index contributed by atoms with van der Waals surface area (Å²) in [5.74, 6) is 0.227. The third kappa shape index (κ3) is 5.47. The number of hydrogen-bond donors (Lipinski definition) is 3. The van der Waals surface area contributed by atoms with Crippen molar-refractivity contribution in [1.29, 1.82) is 0 Å². The lowest BCUT2D eigenvalue weighted by atomic mass is 9.87. The second kappa shape index (κ2) is 6.86. The number of nitrogens with one attached hydrogen (secondary N) is 1. The molecule has 4 N–H and O–H groups in total. The molecule has 0 spiro atoms. The third-order valence-corrected chi connectivity index (χ3v) is 2.90. The quantitative estimate of drug-likeness (QED) is 0.634. The van der Waals surface area contributed by atoms with E-state index < -0.39 is 6.04 Å². The highest BCUT2D eigenvalue weighted by atomic mass is 16.3. The first kappa shape index (κ1) is 15.4. The Hall–Kier alpha value is -0.610. The van der Waals surface area contributed by atoms with Gasteiger partial charge in [0.2, 0.25) is 5.91 Å². The number of hydrogen-bond acceptors (Lipinski definition) is 3. The molecule has 1 unspecified atom stereocenters. The normalized spacial score (nSPS) is 15.6. The predicted octanol–water partition coefficient (Wildman–Crippen LogP) is 0.885. The summed E-state index contributed by atoms with van der Waals surface area (Å²) in [6, 6.07) is -0.487. The maximum absolute atomic E-state index is 11.7. The summed E-state index contributed by atoms with van der Waals surface area (Å²) in [6.07, 6.45) is 1.67. The second-order valence-electron chi connectivity index (χ2n) is 5.38. The maximum Gasteiger partial charge on any atom is 0.237 e. The Labute approximate surface area is 98.6 Å². The van der Waals surface area contributed by atoms with Crippen molar-refractivity contribution in [3.05, 3.63) is 0 Å². The van der Waals surface area contributed by atoms with E-state index in [4.69, 9.17) is 10.8 Å². The maximum atomic E-state index is 11.7. The molecule has 0 aromatic heterocycles. The Morgan fingerprint density at radius 3 is 2.38 bits per heavy atom. The third-order valence-electron chi connectivity index (χ3n) is 2.90. The van der Waals surface area contributed by atoms with E-state index >= 15 is 0 Å². The Morgan fingerprint density at radius 2 is 2.00 bits per heavy atom. The minimum atomic E-state index is -0.487. The van der Waals surface area contributed by atoms with E-state index in [1.165, 1.54) is 0 Å². The van der Waals surface area contributed by atoms with E-state index in [2.05, 4.69) is 12.2 Å². The molecule has 0 heterocycles. The smallest absolute Gasteiger partial charge is 0.237 e. The van der Waals surface area contributed by atoms with E-state index in [1.54, 1.807) is 0 Å². The standard InChI is InChI=1S/C12H26N2O2/c1-5-9(6-7-15)8-14-11(16)10(13)12(2,3)4/h9-10,15H,5-8,13H2,1-4H3,(H,14,16)/t9?,10-/m1/s1. The van der Waals surface area contributed by atoms with Crippen LogP contribution in [-0.4, -0.2) is 30.2 Å². The first-order valence-electron chi connectivity index (χ1n) is 5.97. The molecule has 1 amide bonds. The van der Waals surface area contributed by atoms with Gasteiger partial charge in [-0.15, -0.1) is 0 Å². The highest BCUT2D eigenvalue weighted by Gasteiger charge is 2.27. The lowest BCUT2D eigenvalue weighted by Gasteiger charge is -2.26. The van der Waals surface area contributed by atoms with Crippen molar-refractivity contribution in [3.63, 3.8) is 0 Å². The molecule has 4 nitrogen and oxygen atoms in total. The Kier molecular flexibility index (Phi) is 6.60. The van der Waals surface area contributed by atoms with Gasteiger partial charge in [0.1, 0.15) is 0 Å². The van der Waals surface area contributed by atoms with E-state index in [1.807, 2.05) is 20.8 Å². The van der Waals surface area contributed by atoms with Gasteiger partial charge in [0, 0.05) is 13.2 Å². The van der Waals surface area contributed by atoms with Crippen LogP contribution < -0.4 is 11.1 Å². The predicted molar refractivity (Wildman–Crippen MR) is 65.9 cm³/mol. The van der Waals surface area contributed by atoms with Crippen molar-refractivity contribution in [2.24, 2.45) is 17.1 Å². The Bertz CT molecular complexity index is 212. The van der Waals surface area contributed by atoms with Crippen molar-refractivity contribution in [3.8, 4) is 0 Å². The van der Waals surface area contributed by atoms with Crippen LogP contribution >= 0.6 is 0 Å². The number of aliphatic hydroxyl groups excluding tert-OH is 1. The van der Waals surface area contributed by atoms with E-state index in [9.17, 15) is 4.79 Å². The van der Waals surface area contributed by atoms with Crippen LogP contribution in [0.3, 0.4) is 0 Å². The van der Waals surface area contributed by atoms with Crippen LogP contribution in [-0.2, 0) is 4.79 Å². The Balaban J connectivity index is 4.06. The zero-order chi connectivity index (χ0) is 12.8. The van der Waals surface area contributed by atoms with Gasteiger partial charge in [-0.25, -0.2) is 0 Å². The molecule has 0 fully saturated rings. The fourth-order valence-electron chi connectivity index (χ4n) is 1.38. The minimum Gasteiger partial charge on any atom is -0.396 e. The molecule has 0 aliphatic heterocycles. The zero-order valence-corrected chi connectivity index (χ0v) is 10.9. The molecule has 96 valence electrons. The molecule has 0 rings (SSSR count). The number of carbonyl (C=O) groups excluding carboxylic acids is 1. The van der Waals surface area contributed by atoms with Crippen molar-refractivity contribution in [1.82, 2.24) is 5.32 Å². The SMILES string of the molecule is CCC(CCO)CNC(=O)[C@@H](N)C(C)(C)C. The van der Waals surface area contributed by atoms with Crippen molar-refractivity contribution >= 4 is 5.91 Å². The van der Waals surface area contributed by atoms with Gasteiger partial charge in [-0.3, -0.25) is 4.79 Å². The summed E-state index contributed by atoms with van der Waals surface area (Å²) < 4.78 is 0. The average Bonchev–Trinajstić information content (AvgIpc) is 2.21. The van der Waals surface area contributed by atoms with E-state index in [0.29, 0.717) is 12.5 Å². The van der Waals surface area contributed by atoms with Gasteiger partial charge < -0.3 is 16.2 Å². The molecule has 0 aromatic carbocycles. The fraction of sp³-hybridized carbons (Fsp3) is 0.917. The lowest BCUT2D eigenvalue weighted by molar-refractivity contribution is -0.124. The number of aliphatic hydroxyl groups is 1. The molecular formula is C12H26N2O2. The molecule has 4 heteroatoms. The van der Waals surface area contributed by atoms with Gasteiger partial charge in [-0.05, 0) is 17.8 Å². The summed E-state index contributed by atoms with van der Waals surface area (Å²) in [5.41, 5.74) is 5.61. The first-order valence-corrected chi connectivity index (χ1v) is 5.97. The Morgan fingerprint density at radius 1 is 1.44 bits per heavy atom. The molecule has 16 heavy (non-hydrogen) atoms. The molecule has 0 bridgehead atoms. The molecule has 0 saturated carbocycles. The summed E-state index contributed by atoms with van der Waals surface area (Å²) in [6.45, 7) is 8.66. The number of rotatable bonds is 6. The van der Waals surface area contributed by atoms with Crippen molar-refractivity contribution in [2.75, 3.05) is 13.2 Å². The molecule has 0 aliphatic rings. The van der Waals surface area contributed by atoms with Crippen molar-refractivity contribution in [2.45, 2.75) is 46.6 Å². The summed E-state index contributed by atoms with van der Waals surface area (Å²) in [5, 5.41) is 11.7. The molecule has 2 atom stereocenters. The van der Waals surface area contributed by atoms with E-state index in [-0.39, 0.29) is 17.9 Å². The number of nitrogens with two attached hydrogens (primary N) is 1. The molecule has 0 radical (unpaired) electrons. The number of carbonyl (C=O) groups is 1. The van der Waals surface area contributed by atoms with Crippen LogP contribution in [0, 0.1) is 11.3 Å². The summed E-state index contributed by atoms with van der Waals surface area (Å²) in [7, 11) is 0. The number of amides is 1. The van der Waals surface area contributed by atoms with Crippen LogP contribution in [0.5, 0.6) is 0 Å². The zero-order valence-electron chi connectivity index (χ0n) is 10.9. The van der Waals surface area contributed by atoms with Gasteiger partial charge >= 0.3 is 0 Å². The van der Waals surface area contributed by atoms with Crippen LogP contribution in [0.1, 0.15) is 40.5 Å². The van der Waals surface area contributed by atoms with Gasteiger partial charge in [0.25, 0.3) is 0 Å². The molecular weight excluding hydrogens is 204 g/mol. The summed E-state index contributed by atoms with van der Waals surface area (Å²) >= 11 is 0. The van der Waals surface area contributed by atoms with Crippen LogP contribution in [0.15, 0.2) is 0 Å². The highest BCUT2D eigenvalue weighted by Crippen LogP contribution is 2.17. The topological polar surface area (TPSA) is 75.3 Å². The highest BCUT2D eigenvalue weighted by molar-refractivity contribution is 5.82. The van der Waals surface area contributed by atoms with Gasteiger partial charge in [0.15, 0.2) is 0 Å². The van der Waals surface area contributed by atoms with Gasteiger partial charge in [0.05, 0.1) is 6.04 Å². The summed E-state index contributed by atoms with van der Waals surface area (Å²) in [4.78, 5) is 11.7. The largest absolute Gasteiger partial charge is 0.396 e. The van der Waals surface area contributed by atoms with Gasteiger partial charge in [-0.2, -0.15) is 0 Å². The minimum absolute atomic E-state index is 0.108. The van der Waals surface area contributed by atoms with Crippen LogP contribution in [0.4, 0.5) is 0 Å². The van der Waals surface area contributed by atoms with Crippen LogP contribution in [0.2, 0.25) is 0 Å². The first-order chi connectivity index (χ1) is 7.32. The molecule has 0 aromatic rings. The van der Waals surface area contributed by atoms with E-state index in [0.717, 1.165) is 12.8 Å². The average molecular weight is 230 g/mol. The lowest BCUT2D eigenvalue weighted by Crippen LogP contribution is -2.49. The molecule has 0 saturated heterocycles. The fourth-order valence-corrected chi connectivity index (χ4v) is 1.38. The monoisotopic (exact) mass is 230 g/mol. The van der Waals surface area contributed by atoms with Gasteiger partial charge in [-0.1, -0.05) is 34.1 Å². The van der Waals surface area contributed by atoms with Crippen molar-refractivity contribution < 1.29 is 9.90 Å². The molecule has 0 aliphatic carbocycles. The second-order valence-corrected chi connectivity index (χ2v) is 5.38.